The van der Waals surface area contributed by atoms with Crippen LogP contribution in [0.15, 0.2) is 30.3 Å². The number of hydrogen-bond acceptors (Lipinski definition) is 13. The highest BCUT2D eigenvalue weighted by Gasteiger charge is 2.45. The standard InChI is InChI=1S/C52H71N9O8/c1-68-42-33-38-40(34-43(42)69-32-14-29-59-27-11-12-28-59)56-48(35-15-7-6-8-16-35)58-49(38)55-36-23-30-60(31-24-36)46(64)22-21-44(62)54-26-10-5-3-2-4-9-25-53-39-18-13-17-37-47(39)52(67)61(51(37)66)41-19-20-45(63)57-50(41)65/h13,17-18,33-36,41,53H,2-12,14-16,19-32H2,1H3,(H,54,62)(H,55,56,58)(H,57,63,65). The maximum absolute atomic E-state index is 13.3. The van der Waals surface area contributed by atoms with E-state index >= 15 is 0 Å². The molecule has 2 aromatic carbocycles. The molecule has 5 heterocycles. The van der Waals surface area contributed by atoms with Crippen molar-refractivity contribution in [2.75, 3.05) is 70.2 Å². The predicted octanol–water partition coefficient (Wildman–Crippen LogP) is 6.70. The van der Waals surface area contributed by atoms with Crippen LogP contribution in [0.25, 0.3) is 10.9 Å². The third-order valence-corrected chi connectivity index (χ3v) is 14.5. The molecule has 3 aromatic rings. The highest BCUT2D eigenvalue weighted by atomic mass is 16.5. The summed E-state index contributed by atoms with van der Waals surface area (Å²) in [5.41, 5.74) is 1.94. The number of ether oxygens (including phenoxy) is 2. The second-order valence-corrected chi connectivity index (χ2v) is 19.4. The largest absolute Gasteiger partial charge is 0.493 e. The van der Waals surface area contributed by atoms with Gasteiger partial charge in [0.1, 0.15) is 17.7 Å². The van der Waals surface area contributed by atoms with E-state index in [1.54, 1.807) is 25.3 Å². The van der Waals surface area contributed by atoms with Crippen molar-refractivity contribution in [1.29, 1.82) is 0 Å². The number of piperidine rings is 2. The summed E-state index contributed by atoms with van der Waals surface area (Å²) in [6.45, 7) is 6.44. The van der Waals surface area contributed by atoms with Gasteiger partial charge in [-0.05, 0) is 95.5 Å². The summed E-state index contributed by atoms with van der Waals surface area (Å²) in [6.07, 6.45) is 17.2. The normalized spacial score (nSPS) is 19.2. The number of rotatable bonds is 23. The fourth-order valence-electron chi connectivity index (χ4n) is 10.6. The van der Waals surface area contributed by atoms with Crippen LogP contribution in [-0.4, -0.2) is 132 Å². The zero-order chi connectivity index (χ0) is 48.1. The highest BCUT2D eigenvalue weighted by Crippen LogP contribution is 2.38. The molecule has 1 atom stereocenters. The Balaban J connectivity index is 0.711. The minimum absolute atomic E-state index is 0.00814. The molecule has 4 fully saturated rings. The van der Waals surface area contributed by atoms with Crippen LogP contribution in [0.1, 0.15) is 161 Å². The van der Waals surface area contributed by atoms with Crippen LogP contribution in [-0.2, 0) is 19.2 Å². The number of hydrogen-bond donors (Lipinski definition) is 4. The van der Waals surface area contributed by atoms with Crippen molar-refractivity contribution in [2.45, 2.75) is 146 Å². The number of nitrogens with one attached hydrogen (secondary N) is 4. The summed E-state index contributed by atoms with van der Waals surface area (Å²) in [5, 5.41) is 13.2. The van der Waals surface area contributed by atoms with Crippen molar-refractivity contribution in [1.82, 2.24) is 35.3 Å². The molecule has 1 saturated carbocycles. The molecule has 1 aliphatic carbocycles. The van der Waals surface area contributed by atoms with Crippen molar-refractivity contribution in [2.24, 2.45) is 0 Å². The van der Waals surface area contributed by atoms with Gasteiger partial charge in [0.2, 0.25) is 23.6 Å². The average molecular weight is 950 g/mol. The topological polar surface area (TPSA) is 204 Å². The molecule has 17 heteroatoms. The molecule has 3 saturated heterocycles. The Labute approximate surface area is 405 Å². The molecule has 69 heavy (non-hydrogen) atoms. The summed E-state index contributed by atoms with van der Waals surface area (Å²) in [4.78, 5) is 92.0. The van der Waals surface area contributed by atoms with Crippen molar-refractivity contribution in [3.05, 3.63) is 47.3 Å². The molecule has 372 valence electrons. The van der Waals surface area contributed by atoms with Gasteiger partial charge in [-0.25, -0.2) is 9.97 Å². The number of anilines is 2. The number of likely N-dealkylation sites (tertiary alicyclic amines) is 2. The number of fused-ring (bicyclic) bond motifs is 2. The molecule has 1 aromatic heterocycles. The van der Waals surface area contributed by atoms with Crippen LogP contribution in [0.2, 0.25) is 0 Å². The van der Waals surface area contributed by atoms with E-state index < -0.39 is 29.7 Å². The number of unbranched alkanes of at least 4 members (excludes halogenated alkanes) is 5. The van der Waals surface area contributed by atoms with E-state index in [2.05, 4.69) is 26.2 Å². The first-order valence-electron chi connectivity index (χ1n) is 25.8. The lowest BCUT2D eigenvalue weighted by Crippen LogP contribution is -2.54. The second-order valence-electron chi connectivity index (χ2n) is 19.4. The van der Waals surface area contributed by atoms with Gasteiger partial charge in [-0.15, -0.1) is 0 Å². The Morgan fingerprint density at radius 1 is 0.783 bits per heavy atom. The van der Waals surface area contributed by atoms with Gasteiger partial charge in [-0.2, -0.15) is 0 Å². The number of carbonyl (C=O) groups excluding carboxylic acids is 6. The second kappa shape index (κ2) is 24.1. The van der Waals surface area contributed by atoms with Crippen molar-refractivity contribution >= 4 is 57.9 Å². The molecule has 6 amide bonds. The maximum atomic E-state index is 13.3. The van der Waals surface area contributed by atoms with Crippen LogP contribution in [0, 0.1) is 0 Å². The average Bonchev–Trinajstić information content (AvgIpc) is 3.98. The molecule has 4 aliphatic heterocycles. The Kier molecular flexibility index (Phi) is 17.3. The van der Waals surface area contributed by atoms with E-state index in [1.165, 1.54) is 45.2 Å². The van der Waals surface area contributed by atoms with E-state index in [0.717, 1.165) is 105 Å². The van der Waals surface area contributed by atoms with Crippen molar-refractivity contribution < 1.29 is 38.2 Å². The summed E-state index contributed by atoms with van der Waals surface area (Å²) >= 11 is 0. The molecule has 8 rings (SSSR count). The van der Waals surface area contributed by atoms with E-state index in [9.17, 15) is 28.8 Å². The van der Waals surface area contributed by atoms with Crippen LogP contribution in [0.4, 0.5) is 11.5 Å². The highest BCUT2D eigenvalue weighted by molar-refractivity contribution is 6.25. The number of nitrogens with zero attached hydrogens (tertiary/aromatic N) is 5. The van der Waals surface area contributed by atoms with Crippen molar-refractivity contribution in [3.8, 4) is 11.5 Å². The molecule has 4 N–H and O–H groups in total. The summed E-state index contributed by atoms with van der Waals surface area (Å²) in [6, 6.07) is 8.23. The van der Waals surface area contributed by atoms with Gasteiger partial charge in [0, 0.05) is 81.1 Å². The van der Waals surface area contributed by atoms with Gasteiger partial charge in [0.05, 0.1) is 30.4 Å². The van der Waals surface area contributed by atoms with Gasteiger partial charge in [0.15, 0.2) is 11.5 Å². The molecule has 17 nitrogen and oxygen atoms in total. The van der Waals surface area contributed by atoms with Crippen LogP contribution < -0.4 is 30.7 Å². The van der Waals surface area contributed by atoms with Gasteiger partial charge in [-0.3, -0.25) is 39.0 Å². The molecule has 5 aliphatic rings. The fourth-order valence-corrected chi connectivity index (χ4v) is 10.6. The number of carbonyl (C=O) groups is 6. The Morgan fingerprint density at radius 3 is 2.29 bits per heavy atom. The SMILES string of the molecule is COc1cc2c(NC3CCN(C(=O)CCC(=O)NCCCCCCCCNc4cccc5c4C(=O)N(C4CCC(=O)NC4=O)C5=O)CC3)nc(C3CCCCC3)nc2cc1OCCCN1CCCC1. The van der Waals surface area contributed by atoms with Crippen molar-refractivity contribution in [3.63, 3.8) is 0 Å². The van der Waals surface area contributed by atoms with Gasteiger partial charge < -0.3 is 35.2 Å². The maximum Gasteiger partial charge on any atom is 0.264 e. The smallest absolute Gasteiger partial charge is 0.264 e. The Hall–Kier alpha value is -5.84. The van der Waals surface area contributed by atoms with E-state index in [4.69, 9.17) is 19.4 Å². The van der Waals surface area contributed by atoms with E-state index in [1.807, 2.05) is 17.0 Å². The number of benzene rings is 2. The summed E-state index contributed by atoms with van der Waals surface area (Å²) in [7, 11) is 1.67. The van der Waals surface area contributed by atoms with Crippen LogP contribution in [0.5, 0.6) is 11.5 Å². The lowest BCUT2D eigenvalue weighted by atomic mass is 9.88. The number of amides is 6. The minimum Gasteiger partial charge on any atom is -0.493 e. The molecular formula is C52H71N9O8. The third-order valence-electron chi connectivity index (χ3n) is 14.5. The predicted molar refractivity (Wildman–Crippen MR) is 262 cm³/mol. The third kappa shape index (κ3) is 12.7. The van der Waals surface area contributed by atoms with Gasteiger partial charge in [0.25, 0.3) is 11.8 Å². The molecular weight excluding hydrogens is 879 g/mol. The fraction of sp³-hybridized carbons (Fsp3) is 0.615. The molecule has 0 radical (unpaired) electrons. The number of methoxy groups -OCH3 is 1. The molecule has 1 unspecified atom stereocenters. The lowest BCUT2D eigenvalue weighted by molar-refractivity contribution is -0.136. The van der Waals surface area contributed by atoms with E-state index in [-0.39, 0.29) is 54.7 Å². The Morgan fingerprint density at radius 2 is 1.54 bits per heavy atom. The molecule has 0 spiro atoms. The lowest BCUT2D eigenvalue weighted by Gasteiger charge is -2.33. The quantitative estimate of drug-likeness (QED) is 0.0578. The van der Waals surface area contributed by atoms with Crippen LogP contribution in [0.3, 0.4) is 0 Å². The Bertz CT molecular complexity index is 2320. The molecule has 0 bridgehead atoms. The minimum atomic E-state index is -0.996. The zero-order valence-electron chi connectivity index (χ0n) is 40.4. The number of aromatic nitrogens is 2. The number of imide groups is 2. The van der Waals surface area contributed by atoms with E-state index in [0.29, 0.717) is 55.9 Å². The zero-order valence-corrected chi connectivity index (χ0v) is 40.4. The van der Waals surface area contributed by atoms with Gasteiger partial charge in [-0.1, -0.05) is 51.0 Å². The van der Waals surface area contributed by atoms with Gasteiger partial charge >= 0.3 is 0 Å². The van der Waals surface area contributed by atoms with Crippen LogP contribution >= 0.6 is 0 Å². The first-order valence-corrected chi connectivity index (χ1v) is 25.8. The summed E-state index contributed by atoms with van der Waals surface area (Å²) in [5.74, 6) is 1.24. The summed E-state index contributed by atoms with van der Waals surface area (Å²) < 4.78 is 12.1. The first kappa shape index (κ1) is 49.6. The monoisotopic (exact) mass is 950 g/mol. The first-order chi connectivity index (χ1) is 33.7.